The van der Waals surface area contributed by atoms with Gasteiger partial charge in [-0.15, -0.1) is 0 Å². The number of hydrogen-bond donors (Lipinski definition) is 2. The van der Waals surface area contributed by atoms with E-state index < -0.39 is 23.8 Å². The summed E-state index contributed by atoms with van der Waals surface area (Å²) in [6, 6.07) is 32.2. The second kappa shape index (κ2) is 11.0. The molecule has 254 valence electrons. The van der Waals surface area contributed by atoms with E-state index in [1.807, 2.05) is 36.4 Å². The number of phenols is 2. The van der Waals surface area contributed by atoms with Crippen LogP contribution in [0.5, 0.6) is 34.5 Å². The number of ether oxygens (including phenoxy) is 3. The predicted octanol–water partition coefficient (Wildman–Crippen LogP) is 8.84. The maximum atomic E-state index is 14.5. The Bertz CT molecular complexity index is 2940. The first kappa shape index (κ1) is 30.4. The van der Waals surface area contributed by atoms with Crippen molar-refractivity contribution in [3.63, 3.8) is 0 Å². The average molecular weight is 698 g/mol. The lowest BCUT2D eigenvalue weighted by Gasteiger charge is -2.30. The molecule has 0 saturated carbocycles. The van der Waals surface area contributed by atoms with E-state index in [0.717, 1.165) is 4.90 Å². The summed E-state index contributed by atoms with van der Waals surface area (Å²) in [6.45, 7) is -0.169. The maximum Gasteiger partial charge on any atom is 0.346 e. The van der Waals surface area contributed by atoms with Crippen molar-refractivity contribution in [1.82, 2.24) is 4.90 Å². The summed E-state index contributed by atoms with van der Waals surface area (Å²) in [4.78, 5) is 56.3. The van der Waals surface area contributed by atoms with Gasteiger partial charge in [-0.25, -0.2) is 9.59 Å². The van der Waals surface area contributed by atoms with Crippen LogP contribution in [0.15, 0.2) is 115 Å². The average Bonchev–Trinajstić information content (AvgIpc) is 3.16. The summed E-state index contributed by atoms with van der Waals surface area (Å²) in [6.07, 6.45) is 0. The quantitative estimate of drug-likeness (QED) is 0.0436. The van der Waals surface area contributed by atoms with E-state index in [2.05, 4.69) is 0 Å². The zero-order valence-corrected chi connectivity index (χ0v) is 27.4. The van der Waals surface area contributed by atoms with E-state index in [4.69, 9.17) is 14.2 Å². The monoisotopic (exact) mass is 697 g/mol. The molecule has 10 heteroatoms. The molecular weight excluding hydrogens is 674 g/mol. The number of esters is 2. The zero-order chi connectivity index (χ0) is 36.1. The number of cyclic esters (lactones) is 2. The molecule has 0 fully saturated rings. The van der Waals surface area contributed by atoms with Gasteiger partial charge in [-0.1, -0.05) is 54.6 Å². The van der Waals surface area contributed by atoms with Crippen LogP contribution in [-0.2, 0) is 11.3 Å². The van der Waals surface area contributed by atoms with Crippen LogP contribution in [0.1, 0.15) is 47.0 Å². The highest BCUT2D eigenvalue weighted by molar-refractivity contribution is 6.42. The van der Waals surface area contributed by atoms with Crippen LogP contribution in [0, 0.1) is 0 Å². The molecule has 8 aromatic rings. The van der Waals surface area contributed by atoms with E-state index in [1.165, 1.54) is 18.2 Å². The fraction of sp³-hybridized carbons (Fsp3) is 0.0233. The SMILES string of the molecule is O=C1OC(=O)c2cc(Oc3ccccc3)c3c4ccc5c6c(cc(Oc7ccccc7)c(c7ccc1c2c73)c64)C(=O)N(Cc1ccc(O)c(O)c1)C5=O. The summed E-state index contributed by atoms with van der Waals surface area (Å²) in [7, 11) is 0. The number of benzene rings is 8. The van der Waals surface area contributed by atoms with Crippen molar-refractivity contribution in [1.29, 1.82) is 0 Å². The number of fused-ring (bicyclic) bond motifs is 2. The second-order valence-corrected chi connectivity index (χ2v) is 12.9. The molecule has 0 unspecified atom stereocenters. The molecule has 2 aliphatic rings. The highest BCUT2D eigenvalue weighted by Gasteiger charge is 2.38. The Balaban J connectivity index is 1.33. The second-order valence-electron chi connectivity index (χ2n) is 12.9. The lowest BCUT2D eigenvalue weighted by atomic mass is 9.82. The number of carbonyl (C=O) groups is 4. The highest BCUT2D eigenvalue weighted by atomic mass is 16.6. The normalized spacial score (nSPS) is 13.8. The number of nitrogens with zero attached hydrogens (tertiary/aromatic N) is 1. The number of carbonyl (C=O) groups excluding carboxylic acids is 4. The van der Waals surface area contributed by atoms with Gasteiger partial charge in [0.15, 0.2) is 11.5 Å². The number of para-hydroxylation sites is 2. The van der Waals surface area contributed by atoms with Crippen LogP contribution >= 0.6 is 0 Å². The standard InChI is InChI=1S/C43H23NO9/c45-30-16-11-21(17-31(30)46)20-44-40(47)26-14-12-24-37-33(52-23-9-5-2-6-10-23)19-29-35-27(42(49)53-43(29)50)15-13-25(39(35)37)36-32(51-22-7-3-1-4-8-22)18-28(41(44)48)34(26)38(24)36/h1-19,45-46H,20H2. The first-order valence-electron chi connectivity index (χ1n) is 16.6. The number of rotatable bonds is 6. The van der Waals surface area contributed by atoms with Crippen LogP contribution < -0.4 is 9.47 Å². The molecule has 0 atom stereocenters. The van der Waals surface area contributed by atoms with Crippen LogP contribution in [-0.4, -0.2) is 38.9 Å². The van der Waals surface area contributed by atoms with Gasteiger partial charge in [-0.2, -0.15) is 0 Å². The summed E-state index contributed by atoms with van der Waals surface area (Å²) < 4.78 is 18.2. The highest BCUT2D eigenvalue weighted by Crippen LogP contribution is 2.52. The van der Waals surface area contributed by atoms with Crippen LogP contribution in [0.4, 0.5) is 0 Å². The Morgan fingerprint density at radius 3 is 1.62 bits per heavy atom. The van der Waals surface area contributed by atoms with Crippen LogP contribution in [0.3, 0.4) is 0 Å². The molecular formula is C43H23NO9. The molecule has 0 aliphatic carbocycles. The minimum absolute atomic E-state index is 0.159. The molecule has 0 bridgehead atoms. The summed E-state index contributed by atoms with van der Waals surface area (Å²) in [5, 5.41) is 24.3. The lowest BCUT2D eigenvalue weighted by molar-refractivity contribution is 0.0389. The molecule has 2 heterocycles. The van der Waals surface area contributed by atoms with Gasteiger partial charge in [-0.05, 0) is 77.0 Å². The molecule has 0 aromatic heterocycles. The molecule has 10 nitrogen and oxygen atoms in total. The summed E-state index contributed by atoms with van der Waals surface area (Å²) >= 11 is 0. The molecule has 2 amide bonds. The fourth-order valence-electron chi connectivity index (χ4n) is 7.67. The Kier molecular flexibility index (Phi) is 6.31. The van der Waals surface area contributed by atoms with Gasteiger partial charge < -0.3 is 24.4 Å². The zero-order valence-electron chi connectivity index (χ0n) is 27.4. The largest absolute Gasteiger partial charge is 0.504 e. The Hall–Kier alpha value is -7.46. The summed E-state index contributed by atoms with van der Waals surface area (Å²) in [5.41, 5.74) is 1.29. The van der Waals surface area contributed by atoms with Crippen molar-refractivity contribution in [3.8, 4) is 34.5 Å². The molecule has 8 aromatic carbocycles. The number of phenolic OH excluding ortho intramolecular Hbond substituents is 2. The van der Waals surface area contributed by atoms with Gasteiger partial charge in [0.25, 0.3) is 11.8 Å². The van der Waals surface area contributed by atoms with Gasteiger partial charge in [0, 0.05) is 37.9 Å². The van der Waals surface area contributed by atoms with Crippen molar-refractivity contribution in [2.45, 2.75) is 6.54 Å². The van der Waals surface area contributed by atoms with E-state index in [1.54, 1.807) is 60.7 Å². The molecule has 2 aliphatic heterocycles. The summed E-state index contributed by atoms with van der Waals surface area (Å²) in [5.74, 6) is -1.80. The minimum Gasteiger partial charge on any atom is -0.504 e. The molecule has 0 spiro atoms. The third kappa shape index (κ3) is 4.39. The molecule has 2 N–H and O–H groups in total. The number of amides is 2. The third-order valence-electron chi connectivity index (χ3n) is 9.93. The third-order valence-corrected chi connectivity index (χ3v) is 9.93. The van der Waals surface area contributed by atoms with E-state index in [0.29, 0.717) is 71.7 Å². The first-order valence-corrected chi connectivity index (χ1v) is 16.6. The van der Waals surface area contributed by atoms with E-state index >= 15 is 0 Å². The van der Waals surface area contributed by atoms with Crippen molar-refractivity contribution in [3.05, 3.63) is 143 Å². The number of imide groups is 1. The Labute approximate surface area is 298 Å². The van der Waals surface area contributed by atoms with Gasteiger partial charge in [0.1, 0.15) is 23.0 Å². The van der Waals surface area contributed by atoms with Gasteiger partial charge in [-0.3, -0.25) is 14.5 Å². The minimum atomic E-state index is -0.806. The van der Waals surface area contributed by atoms with Crippen molar-refractivity contribution in [2.24, 2.45) is 0 Å². The molecule has 10 rings (SSSR count). The topological polar surface area (TPSA) is 140 Å². The van der Waals surface area contributed by atoms with Crippen LogP contribution in [0.2, 0.25) is 0 Å². The molecule has 53 heavy (non-hydrogen) atoms. The van der Waals surface area contributed by atoms with Gasteiger partial charge >= 0.3 is 11.9 Å². The van der Waals surface area contributed by atoms with Gasteiger partial charge in [0.05, 0.1) is 23.2 Å². The Morgan fingerprint density at radius 2 is 1.02 bits per heavy atom. The van der Waals surface area contributed by atoms with Crippen molar-refractivity contribution in [2.75, 3.05) is 0 Å². The number of aromatic hydroxyl groups is 2. The van der Waals surface area contributed by atoms with E-state index in [-0.39, 0.29) is 40.3 Å². The van der Waals surface area contributed by atoms with Crippen molar-refractivity contribution < 1.29 is 43.6 Å². The Morgan fingerprint density at radius 1 is 0.491 bits per heavy atom. The van der Waals surface area contributed by atoms with Crippen LogP contribution in [0.25, 0.3) is 43.1 Å². The predicted molar refractivity (Wildman–Crippen MR) is 194 cm³/mol. The first-order chi connectivity index (χ1) is 25.8. The lowest BCUT2D eigenvalue weighted by Crippen LogP contribution is -2.39. The maximum absolute atomic E-state index is 14.5. The van der Waals surface area contributed by atoms with Crippen molar-refractivity contribution >= 4 is 66.8 Å². The fourth-order valence-corrected chi connectivity index (χ4v) is 7.67. The molecule has 0 saturated heterocycles. The van der Waals surface area contributed by atoms with E-state index in [9.17, 15) is 29.4 Å². The van der Waals surface area contributed by atoms with Gasteiger partial charge in [0.2, 0.25) is 0 Å². The smallest absolute Gasteiger partial charge is 0.346 e. The molecule has 0 radical (unpaired) electrons. The number of hydrogen-bond acceptors (Lipinski definition) is 9.